The quantitative estimate of drug-likeness (QED) is 0.437. The van der Waals surface area contributed by atoms with Crippen LogP contribution in [-0.2, 0) is 0 Å². The van der Waals surface area contributed by atoms with E-state index in [2.05, 4.69) is 20.6 Å². The highest BCUT2D eigenvalue weighted by Crippen LogP contribution is 2.23. The van der Waals surface area contributed by atoms with Crippen LogP contribution in [0.1, 0.15) is 28.9 Å². The molecule has 7 nitrogen and oxygen atoms in total. The Hall–Kier alpha value is -4.40. The summed E-state index contributed by atoms with van der Waals surface area (Å²) >= 11 is 0. The number of amides is 1. The summed E-state index contributed by atoms with van der Waals surface area (Å²) in [4.78, 5) is 29.6. The van der Waals surface area contributed by atoms with E-state index in [0.29, 0.717) is 27.7 Å². The average molecular weight is 445 g/mol. The van der Waals surface area contributed by atoms with Gasteiger partial charge in [-0.05, 0) is 55.0 Å². The summed E-state index contributed by atoms with van der Waals surface area (Å²) in [5.74, 6) is -1.16. The van der Waals surface area contributed by atoms with E-state index < -0.39 is 11.4 Å². The van der Waals surface area contributed by atoms with Crippen molar-refractivity contribution in [2.45, 2.75) is 13.0 Å². The lowest BCUT2D eigenvalue weighted by atomic mass is 10.1. The molecule has 0 aliphatic rings. The van der Waals surface area contributed by atoms with Crippen LogP contribution < -0.4 is 10.9 Å². The number of aromatic amines is 1. The number of halogens is 2. The first-order valence-electron chi connectivity index (χ1n) is 10.1. The van der Waals surface area contributed by atoms with Gasteiger partial charge >= 0.3 is 0 Å². The molecular formula is C24H17F2N5O2. The van der Waals surface area contributed by atoms with E-state index in [1.54, 1.807) is 37.3 Å². The van der Waals surface area contributed by atoms with Crippen molar-refractivity contribution in [2.24, 2.45) is 0 Å². The molecule has 0 saturated heterocycles. The van der Waals surface area contributed by atoms with Crippen LogP contribution in [0.4, 0.5) is 8.78 Å². The minimum atomic E-state index is -0.490. The van der Waals surface area contributed by atoms with Crippen molar-refractivity contribution >= 4 is 22.5 Å². The Labute approximate surface area is 185 Å². The first kappa shape index (κ1) is 20.5. The third kappa shape index (κ3) is 3.73. The molecule has 1 unspecified atom stereocenters. The number of benzene rings is 3. The maximum absolute atomic E-state index is 13.7. The molecular weight excluding hydrogens is 428 g/mol. The van der Waals surface area contributed by atoms with Gasteiger partial charge in [0.2, 0.25) is 0 Å². The molecule has 0 aliphatic carbocycles. The fourth-order valence-electron chi connectivity index (χ4n) is 3.71. The number of H-pyrrole nitrogens is 1. The lowest BCUT2D eigenvalue weighted by molar-refractivity contribution is 0.0940. The molecule has 9 heteroatoms. The van der Waals surface area contributed by atoms with E-state index in [-0.39, 0.29) is 23.4 Å². The summed E-state index contributed by atoms with van der Waals surface area (Å²) in [5.41, 5.74) is 1.97. The number of rotatable bonds is 4. The summed E-state index contributed by atoms with van der Waals surface area (Å²) in [6.07, 6.45) is 0. The molecule has 2 aromatic heterocycles. The third-order valence-electron chi connectivity index (χ3n) is 5.44. The Morgan fingerprint density at radius 3 is 2.58 bits per heavy atom. The highest BCUT2D eigenvalue weighted by Gasteiger charge is 2.17. The lowest BCUT2D eigenvalue weighted by Gasteiger charge is -2.14. The van der Waals surface area contributed by atoms with Crippen LogP contribution in [0.15, 0.2) is 71.5 Å². The highest BCUT2D eigenvalue weighted by atomic mass is 19.1. The molecule has 3 aromatic carbocycles. The summed E-state index contributed by atoms with van der Waals surface area (Å²) in [7, 11) is 0. The second-order valence-corrected chi connectivity index (χ2v) is 7.63. The van der Waals surface area contributed by atoms with Gasteiger partial charge in [0.25, 0.3) is 11.5 Å². The summed E-state index contributed by atoms with van der Waals surface area (Å²) in [6, 6.07) is 15.9. The van der Waals surface area contributed by atoms with Crippen molar-refractivity contribution in [3.05, 3.63) is 99.8 Å². The Morgan fingerprint density at radius 2 is 1.82 bits per heavy atom. The number of aromatic nitrogens is 4. The first-order chi connectivity index (χ1) is 15.9. The molecule has 5 aromatic rings. The van der Waals surface area contributed by atoms with Gasteiger partial charge < -0.3 is 5.32 Å². The smallest absolute Gasteiger partial charge is 0.281 e. The number of carbonyl (C=O) groups excluding carboxylic acids is 1. The predicted octanol–water partition coefficient (Wildman–Crippen LogP) is 4.01. The van der Waals surface area contributed by atoms with Crippen molar-refractivity contribution in [3.8, 4) is 11.3 Å². The molecule has 1 amide bonds. The SMILES string of the molecule is CC(NC(=O)c1ccc2c(=O)nc3c(-c4cccc(F)c4)n[nH]n3c2c1)c1ccc(F)cc1. The largest absolute Gasteiger partial charge is 0.346 e. The van der Waals surface area contributed by atoms with Gasteiger partial charge in [-0.2, -0.15) is 10.1 Å². The number of hydrogen-bond acceptors (Lipinski definition) is 4. The molecule has 0 radical (unpaired) electrons. The summed E-state index contributed by atoms with van der Waals surface area (Å²) in [6.45, 7) is 1.79. The van der Waals surface area contributed by atoms with E-state index >= 15 is 0 Å². The topological polar surface area (TPSA) is 92.2 Å². The van der Waals surface area contributed by atoms with Gasteiger partial charge in [0.05, 0.1) is 16.9 Å². The molecule has 2 N–H and O–H groups in total. The van der Waals surface area contributed by atoms with E-state index in [9.17, 15) is 18.4 Å². The van der Waals surface area contributed by atoms with E-state index in [4.69, 9.17) is 0 Å². The number of nitrogens with one attached hydrogen (secondary N) is 2. The van der Waals surface area contributed by atoms with Crippen molar-refractivity contribution in [1.29, 1.82) is 0 Å². The zero-order chi connectivity index (χ0) is 23.1. The molecule has 5 rings (SSSR count). The summed E-state index contributed by atoms with van der Waals surface area (Å²) < 4.78 is 28.3. The van der Waals surface area contributed by atoms with Gasteiger partial charge in [0.1, 0.15) is 17.3 Å². The van der Waals surface area contributed by atoms with Gasteiger partial charge in [-0.25, -0.2) is 18.5 Å². The molecule has 33 heavy (non-hydrogen) atoms. The van der Waals surface area contributed by atoms with E-state index in [1.165, 1.54) is 40.9 Å². The van der Waals surface area contributed by atoms with Crippen molar-refractivity contribution in [1.82, 2.24) is 25.1 Å². The standard InChI is InChI=1S/C24H17F2N5O2/c1-13(14-5-8-17(25)9-6-14)27-23(32)16-7-10-19-20(12-16)31-22(28-24(19)33)21(29-30-31)15-3-2-4-18(26)11-15/h2-13,30H,1H3,(H,27,32). The van der Waals surface area contributed by atoms with Crippen LogP contribution in [0.25, 0.3) is 27.8 Å². The Bertz CT molecular complexity index is 1570. The fraction of sp³-hybridized carbons (Fsp3) is 0.0833. The second kappa shape index (κ2) is 7.94. The molecule has 0 fully saturated rings. The van der Waals surface area contributed by atoms with Gasteiger partial charge in [-0.3, -0.25) is 9.59 Å². The third-order valence-corrected chi connectivity index (χ3v) is 5.44. The van der Waals surface area contributed by atoms with Crippen LogP contribution >= 0.6 is 0 Å². The van der Waals surface area contributed by atoms with Gasteiger partial charge in [-0.15, -0.1) is 0 Å². The summed E-state index contributed by atoms with van der Waals surface area (Å²) in [5, 5.41) is 10.2. The van der Waals surface area contributed by atoms with Crippen LogP contribution in [-0.4, -0.2) is 25.7 Å². The van der Waals surface area contributed by atoms with Crippen LogP contribution in [0, 0.1) is 11.6 Å². The second-order valence-electron chi connectivity index (χ2n) is 7.63. The molecule has 0 bridgehead atoms. The molecule has 0 saturated carbocycles. The Morgan fingerprint density at radius 1 is 1.03 bits per heavy atom. The number of fused-ring (bicyclic) bond motifs is 3. The Balaban J connectivity index is 1.55. The van der Waals surface area contributed by atoms with Gasteiger partial charge in [0, 0.05) is 11.1 Å². The zero-order valence-electron chi connectivity index (χ0n) is 17.3. The molecule has 2 heterocycles. The number of nitrogens with zero attached hydrogens (tertiary/aromatic N) is 3. The van der Waals surface area contributed by atoms with Crippen molar-refractivity contribution in [3.63, 3.8) is 0 Å². The monoisotopic (exact) mass is 445 g/mol. The normalized spacial score (nSPS) is 12.2. The molecule has 0 aliphatic heterocycles. The molecule has 164 valence electrons. The number of carbonyl (C=O) groups is 1. The first-order valence-corrected chi connectivity index (χ1v) is 10.1. The fourth-order valence-corrected chi connectivity index (χ4v) is 3.71. The van der Waals surface area contributed by atoms with Crippen LogP contribution in [0.2, 0.25) is 0 Å². The number of hydrogen-bond donors (Lipinski definition) is 2. The van der Waals surface area contributed by atoms with Crippen LogP contribution in [0.3, 0.4) is 0 Å². The predicted molar refractivity (Wildman–Crippen MR) is 119 cm³/mol. The molecule has 0 spiro atoms. The minimum absolute atomic E-state index is 0.218. The Kier molecular flexibility index (Phi) is 4.93. The van der Waals surface area contributed by atoms with Gasteiger partial charge in [-0.1, -0.05) is 24.3 Å². The maximum Gasteiger partial charge on any atom is 0.281 e. The van der Waals surface area contributed by atoms with Crippen LogP contribution in [0.5, 0.6) is 0 Å². The van der Waals surface area contributed by atoms with Crippen molar-refractivity contribution in [2.75, 3.05) is 0 Å². The zero-order valence-corrected chi connectivity index (χ0v) is 17.3. The minimum Gasteiger partial charge on any atom is -0.346 e. The van der Waals surface area contributed by atoms with Gasteiger partial charge in [0.15, 0.2) is 5.65 Å². The molecule has 1 atom stereocenters. The van der Waals surface area contributed by atoms with E-state index in [0.717, 1.165) is 5.56 Å². The maximum atomic E-state index is 13.7. The highest BCUT2D eigenvalue weighted by molar-refractivity contribution is 5.98. The average Bonchev–Trinajstić information content (AvgIpc) is 3.23. The van der Waals surface area contributed by atoms with E-state index in [1.807, 2.05) is 0 Å². The van der Waals surface area contributed by atoms with Crippen molar-refractivity contribution < 1.29 is 13.6 Å². The lowest BCUT2D eigenvalue weighted by Crippen LogP contribution is -2.26.